The number of methoxy groups -OCH3 is 2. The molecule has 1 aromatic rings. The minimum Gasteiger partial charge on any atom is -0.478 e. The summed E-state index contributed by atoms with van der Waals surface area (Å²) in [6, 6.07) is 2.61. The first-order chi connectivity index (χ1) is 9.22. The first-order valence-electron chi connectivity index (χ1n) is 5.83. The van der Waals surface area contributed by atoms with E-state index in [0.717, 1.165) is 6.26 Å². The van der Waals surface area contributed by atoms with Gasteiger partial charge in [-0.25, -0.2) is 13.2 Å². The molecular weight excluding hydrogens is 284 g/mol. The van der Waals surface area contributed by atoms with Gasteiger partial charge in [0.15, 0.2) is 16.1 Å². The van der Waals surface area contributed by atoms with Gasteiger partial charge in [0.25, 0.3) is 0 Å². The predicted molar refractivity (Wildman–Crippen MR) is 72.8 cm³/mol. The van der Waals surface area contributed by atoms with Gasteiger partial charge in [-0.3, -0.25) is 0 Å². The highest BCUT2D eigenvalue weighted by Gasteiger charge is 2.22. The Kier molecular flexibility index (Phi) is 5.27. The molecule has 1 rings (SSSR count). The van der Waals surface area contributed by atoms with Gasteiger partial charge in [-0.2, -0.15) is 0 Å². The Hall–Kier alpha value is -1.44. The van der Waals surface area contributed by atoms with E-state index in [-0.39, 0.29) is 16.9 Å². The van der Waals surface area contributed by atoms with Gasteiger partial charge in [-0.05, 0) is 30.2 Å². The molecule has 20 heavy (non-hydrogen) atoms. The number of hydrogen-bond acceptors (Lipinski definition) is 5. The van der Waals surface area contributed by atoms with Gasteiger partial charge in [0.05, 0.1) is 10.5 Å². The molecule has 0 unspecified atom stereocenters. The monoisotopic (exact) mass is 302 g/mol. The molecule has 0 spiro atoms. The van der Waals surface area contributed by atoms with Crippen molar-refractivity contribution < 1.29 is 27.8 Å². The first kappa shape index (κ1) is 16.6. The van der Waals surface area contributed by atoms with Crippen LogP contribution in [0.5, 0.6) is 0 Å². The molecule has 0 aliphatic rings. The van der Waals surface area contributed by atoms with Crippen molar-refractivity contribution in [2.75, 3.05) is 20.5 Å². The molecule has 7 heteroatoms. The maximum Gasteiger partial charge on any atom is 0.335 e. The van der Waals surface area contributed by atoms with Gasteiger partial charge < -0.3 is 14.6 Å². The van der Waals surface area contributed by atoms with Crippen molar-refractivity contribution in [3.8, 4) is 0 Å². The van der Waals surface area contributed by atoms with E-state index >= 15 is 0 Å². The van der Waals surface area contributed by atoms with E-state index in [4.69, 9.17) is 14.6 Å². The average Bonchev–Trinajstić information content (AvgIpc) is 2.35. The number of carbonyl (C=O) groups is 1. The summed E-state index contributed by atoms with van der Waals surface area (Å²) in [7, 11) is -0.594. The summed E-state index contributed by atoms with van der Waals surface area (Å²) in [4.78, 5) is 11.2. The largest absolute Gasteiger partial charge is 0.478 e. The van der Waals surface area contributed by atoms with Gasteiger partial charge >= 0.3 is 5.97 Å². The van der Waals surface area contributed by atoms with Crippen molar-refractivity contribution in [2.45, 2.75) is 24.5 Å². The molecule has 0 aliphatic heterocycles. The van der Waals surface area contributed by atoms with E-state index < -0.39 is 22.1 Å². The predicted octanol–water partition coefficient (Wildman–Crippen LogP) is 1.26. The molecule has 112 valence electrons. The highest BCUT2D eigenvalue weighted by molar-refractivity contribution is 7.90. The number of ether oxygens (including phenoxy) is 2. The molecule has 0 aromatic heterocycles. The number of carboxylic acid groups (broad SMARTS) is 1. The average molecular weight is 302 g/mol. The third-order valence-corrected chi connectivity index (χ3v) is 4.26. The fourth-order valence-corrected chi connectivity index (χ4v) is 2.99. The second kappa shape index (κ2) is 6.34. The van der Waals surface area contributed by atoms with Gasteiger partial charge in [0, 0.05) is 26.9 Å². The summed E-state index contributed by atoms with van der Waals surface area (Å²) >= 11 is 0. The lowest BCUT2D eigenvalue weighted by Crippen LogP contribution is -2.20. The summed E-state index contributed by atoms with van der Waals surface area (Å²) in [6.45, 7) is 1.58. The molecular formula is C13H18O6S. The fourth-order valence-electron chi connectivity index (χ4n) is 1.99. The number of hydrogen-bond donors (Lipinski definition) is 1. The van der Waals surface area contributed by atoms with Crippen LogP contribution < -0.4 is 0 Å². The van der Waals surface area contributed by atoms with E-state index in [0.29, 0.717) is 11.1 Å². The zero-order valence-corrected chi connectivity index (χ0v) is 12.7. The molecule has 6 nitrogen and oxygen atoms in total. The quantitative estimate of drug-likeness (QED) is 0.796. The molecule has 0 saturated heterocycles. The zero-order chi connectivity index (χ0) is 15.5. The standard InChI is InChI=1S/C13H18O6S/c1-8-9(13(14)15)5-6-11(20(4,16)17)10(8)7-12(18-2)19-3/h5-6,12H,7H2,1-4H3,(H,14,15). The van der Waals surface area contributed by atoms with Crippen LogP contribution in [0.25, 0.3) is 0 Å². The van der Waals surface area contributed by atoms with Crippen LogP contribution >= 0.6 is 0 Å². The van der Waals surface area contributed by atoms with E-state index in [1.54, 1.807) is 6.92 Å². The topological polar surface area (TPSA) is 89.9 Å². The maximum atomic E-state index is 11.8. The van der Waals surface area contributed by atoms with Crippen LogP contribution in [0.2, 0.25) is 0 Å². The van der Waals surface area contributed by atoms with Gasteiger partial charge in [-0.15, -0.1) is 0 Å². The Morgan fingerprint density at radius 3 is 2.25 bits per heavy atom. The van der Waals surface area contributed by atoms with Crippen molar-refractivity contribution in [1.29, 1.82) is 0 Å². The Balaban J connectivity index is 3.49. The molecule has 1 aromatic carbocycles. The molecule has 0 amide bonds. The Morgan fingerprint density at radius 1 is 1.30 bits per heavy atom. The van der Waals surface area contributed by atoms with Crippen LogP contribution in [0.3, 0.4) is 0 Å². The van der Waals surface area contributed by atoms with Crippen LogP contribution in [0.1, 0.15) is 21.5 Å². The Bertz CT molecular complexity index is 602. The Labute approximate surface area is 118 Å². The lowest BCUT2D eigenvalue weighted by molar-refractivity contribution is -0.101. The number of sulfone groups is 1. The number of aromatic carboxylic acids is 1. The molecule has 0 aliphatic carbocycles. The Morgan fingerprint density at radius 2 is 1.85 bits per heavy atom. The third kappa shape index (κ3) is 3.56. The molecule has 0 saturated carbocycles. The van der Waals surface area contributed by atoms with Crippen molar-refractivity contribution in [3.63, 3.8) is 0 Å². The number of carboxylic acids is 1. The van der Waals surface area contributed by atoms with E-state index in [2.05, 4.69) is 0 Å². The van der Waals surface area contributed by atoms with E-state index in [1.165, 1.54) is 26.4 Å². The molecule has 0 fully saturated rings. The molecule has 0 radical (unpaired) electrons. The number of benzene rings is 1. The molecule has 0 bridgehead atoms. The van der Waals surface area contributed by atoms with Crippen molar-refractivity contribution in [2.24, 2.45) is 0 Å². The third-order valence-electron chi connectivity index (χ3n) is 3.08. The maximum absolute atomic E-state index is 11.8. The lowest BCUT2D eigenvalue weighted by Gasteiger charge is -2.18. The zero-order valence-electron chi connectivity index (χ0n) is 11.8. The summed E-state index contributed by atoms with van der Waals surface area (Å²) in [5, 5.41) is 9.12. The van der Waals surface area contributed by atoms with Crippen LogP contribution in [0.4, 0.5) is 0 Å². The van der Waals surface area contributed by atoms with Crippen LogP contribution in [0, 0.1) is 6.92 Å². The fraction of sp³-hybridized carbons (Fsp3) is 0.462. The molecule has 0 heterocycles. The van der Waals surface area contributed by atoms with Gasteiger partial charge in [0.2, 0.25) is 0 Å². The highest BCUT2D eigenvalue weighted by Crippen LogP contribution is 2.25. The van der Waals surface area contributed by atoms with Crippen molar-refractivity contribution in [3.05, 3.63) is 28.8 Å². The van der Waals surface area contributed by atoms with E-state index in [1.807, 2.05) is 0 Å². The van der Waals surface area contributed by atoms with E-state index in [9.17, 15) is 13.2 Å². The molecule has 0 atom stereocenters. The molecule has 1 N–H and O–H groups in total. The minimum atomic E-state index is -3.46. The second-order valence-corrected chi connectivity index (χ2v) is 6.38. The first-order valence-corrected chi connectivity index (χ1v) is 7.73. The smallest absolute Gasteiger partial charge is 0.335 e. The summed E-state index contributed by atoms with van der Waals surface area (Å²) in [5.41, 5.74) is 0.874. The van der Waals surface area contributed by atoms with Gasteiger partial charge in [0.1, 0.15) is 0 Å². The van der Waals surface area contributed by atoms with Crippen LogP contribution in [-0.4, -0.2) is 46.3 Å². The number of rotatable bonds is 6. The van der Waals surface area contributed by atoms with Gasteiger partial charge in [-0.1, -0.05) is 0 Å². The lowest BCUT2D eigenvalue weighted by atomic mass is 9.99. The SMILES string of the molecule is COC(Cc1c(S(C)(=O)=O)ccc(C(=O)O)c1C)OC. The minimum absolute atomic E-state index is 0.0679. The summed E-state index contributed by atoms with van der Waals surface area (Å²) < 4.78 is 33.8. The normalized spacial score (nSPS) is 11.8. The van der Waals surface area contributed by atoms with Crippen LogP contribution in [0.15, 0.2) is 17.0 Å². The highest BCUT2D eigenvalue weighted by atomic mass is 32.2. The van der Waals surface area contributed by atoms with Crippen LogP contribution in [-0.2, 0) is 25.7 Å². The van der Waals surface area contributed by atoms with Crippen molar-refractivity contribution >= 4 is 15.8 Å². The van der Waals surface area contributed by atoms with Crippen molar-refractivity contribution in [1.82, 2.24) is 0 Å². The second-order valence-electron chi connectivity index (χ2n) is 4.40. The summed E-state index contributed by atoms with van der Waals surface area (Å²) in [5.74, 6) is -1.10. The summed E-state index contributed by atoms with van der Waals surface area (Å²) in [6.07, 6.45) is 0.598.